The van der Waals surface area contributed by atoms with Gasteiger partial charge in [-0.05, 0) is 52.9 Å². The summed E-state index contributed by atoms with van der Waals surface area (Å²) in [6.07, 6.45) is 0. The van der Waals surface area contributed by atoms with Crippen LogP contribution < -0.4 is 11.1 Å². The largest absolute Gasteiger partial charge is 0.397 e. The molecule has 21 heavy (non-hydrogen) atoms. The molecule has 2 aromatic carbocycles. The number of amides is 1. The maximum absolute atomic E-state index is 12.4. The minimum absolute atomic E-state index is 0.178. The number of anilines is 2. The first-order chi connectivity index (χ1) is 10.1. The second-order valence-electron chi connectivity index (χ2n) is 4.42. The number of hydrogen-bond donors (Lipinski definition) is 2. The van der Waals surface area contributed by atoms with Gasteiger partial charge >= 0.3 is 0 Å². The van der Waals surface area contributed by atoms with Gasteiger partial charge in [-0.1, -0.05) is 28.1 Å². The Morgan fingerprint density at radius 1 is 1.24 bits per heavy atom. The van der Waals surface area contributed by atoms with E-state index in [1.165, 1.54) is 11.3 Å². The predicted molar refractivity (Wildman–Crippen MR) is 101 cm³/mol. The van der Waals surface area contributed by atoms with Crippen molar-refractivity contribution in [1.82, 2.24) is 0 Å². The van der Waals surface area contributed by atoms with Crippen molar-refractivity contribution in [3.8, 4) is 0 Å². The van der Waals surface area contributed by atoms with Gasteiger partial charge in [-0.2, -0.15) is 0 Å². The zero-order valence-corrected chi connectivity index (χ0v) is 15.3. The second kappa shape index (κ2) is 5.94. The SMILES string of the molecule is Nc1c(C(=O)Nc2cccc(I)c2)sc2cccc(Br)c12. The van der Waals surface area contributed by atoms with E-state index in [4.69, 9.17) is 5.73 Å². The Labute approximate surface area is 147 Å². The Morgan fingerprint density at radius 2 is 2.00 bits per heavy atom. The monoisotopic (exact) mass is 472 g/mol. The highest BCUT2D eigenvalue weighted by molar-refractivity contribution is 14.1. The lowest BCUT2D eigenvalue weighted by Crippen LogP contribution is -2.11. The molecule has 0 radical (unpaired) electrons. The molecule has 0 bridgehead atoms. The lowest BCUT2D eigenvalue weighted by molar-refractivity contribution is 0.103. The topological polar surface area (TPSA) is 55.1 Å². The number of thiophene rings is 1. The molecule has 3 aromatic rings. The van der Waals surface area contributed by atoms with E-state index >= 15 is 0 Å². The number of nitrogen functional groups attached to an aromatic ring is 1. The predicted octanol–water partition coefficient (Wildman–Crippen LogP) is 5.10. The number of carbonyl (C=O) groups is 1. The maximum Gasteiger partial charge on any atom is 0.267 e. The summed E-state index contributed by atoms with van der Waals surface area (Å²) < 4.78 is 2.97. The summed E-state index contributed by atoms with van der Waals surface area (Å²) >= 11 is 7.09. The van der Waals surface area contributed by atoms with E-state index in [1.807, 2.05) is 42.5 Å². The molecule has 0 atom stereocenters. The van der Waals surface area contributed by atoms with Gasteiger partial charge in [0.15, 0.2) is 0 Å². The Balaban J connectivity index is 1.99. The Kier molecular flexibility index (Phi) is 4.19. The van der Waals surface area contributed by atoms with E-state index in [2.05, 4.69) is 43.8 Å². The highest BCUT2D eigenvalue weighted by Gasteiger charge is 2.18. The van der Waals surface area contributed by atoms with Gasteiger partial charge in [0.25, 0.3) is 5.91 Å². The fourth-order valence-electron chi connectivity index (χ4n) is 2.05. The lowest BCUT2D eigenvalue weighted by atomic mass is 10.2. The fraction of sp³-hybridized carbons (Fsp3) is 0. The fourth-order valence-corrected chi connectivity index (χ4v) is 4.35. The quantitative estimate of drug-likeness (QED) is 0.509. The molecule has 3 rings (SSSR count). The van der Waals surface area contributed by atoms with Crippen LogP contribution in [0.5, 0.6) is 0 Å². The van der Waals surface area contributed by atoms with Crippen molar-refractivity contribution in [2.24, 2.45) is 0 Å². The van der Waals surface area contributed by atoms with Crippen molar-refractivity contribution in [3.05, 3.63) is 55.4 Å². The zero-order valence-electron chi connectivity index (χ0n) is 10.7. The molecule has 0 aliphatic heterocycles. The molecular formula is C15H10BrIN2OS. The first-order valence-corrected chi connectivity index (χ1v) is 8.78. The average Bonchev–Trinajstić information content (AvgIpc) is 2.77. The van der Waals surface area contributed by atoms with Crippen LogP contribution in [0.2, 0.25) is 0 Å². The van der Waals surface area contributed by atoms with E-state index in [1.54, 1.807) is 0 Å². The van der Waals surface area contributed by atoms with E-state index in [0.29, 0.717) is 10.6 Å². The van der Waals surface area contributed by atoms with Crippen molar-refractivity contribution in [1.29, 1.82) is 0 Å². The van der Waals surface area contributed by atoms with E-state index in [9.17, 15) is 4.79 Å². The van der Waals surface area contributed by atoms with Gasteiger partial charge < -0.3 is 11.1 Å². The summed E-state index contributed by atoms with van der Waals surface area (Å²) in [6.45, 7) is 0. The highest BCUT2D eigenvalue weighted by Crippen LogP contribution is 2.38. The van der Waals surface area contributed by atoms with Crippen molar-refractivity contribution in [3.63, 3.8) is 0 Å². The van der Waals surface area contributed by atoms with Gasteiger partial charge in [0.1, 0.15) is 4.88 Å². The average molecular weight is 473 g/mol. The molecule has 6 heteroatoms. The number of fused-ring (bicyclic) bond motifs is 1. The molecule has 0 aliphatic carbocycles. The van der Waals surface area contributed by atoms with Crippen LogP contribution >= 0.6 is 49.9 Å². The Bertz CT molecular complexity index is 847. The van der Waals surface area contributed by atoms with Gasteiger partial charge in [-0.25, -0.2) is 0 Å². The first-order valence-electron chi connectivity index (χ1n) is 6.09. The van der Waals surface area contributed by atoms with E-state index in [0.717, 1.165) is 23.8 Å². The molecule has 0 saturated heterocycles. The minimum atomic E-state index is -0.178. The molecule has 3 nitrogen and oxygen atoms in total. The Hall–Kier alpha value is -1.12. The normalized spacial score (nSPS) is 10.8. The van der Waals surface area contributed by atoms with Crippen LogP contribution in [0.25, 0.3) is 10.1 Å². The third-order valence-corrected chi connectivity index (χ3v) is 5.49. The summed E-state index contributed by atoms with van der Waals surface area (Å²) in [5.74, 6) is -0.178. The highest BCUT2D eigenvalue weighted by atomic mass is 127. The summed E-state index contributed by atoms with van der Waals surface area (Å²) in [5, 5.41) is 3.79. The van der Waals surface area contributed by atoms with Crippen LogP contribution in [-0.4, -0.2) is 5.91 Å². The van der Waals surface area contributed by atoms with Gasteiger partial charge in [0, 0.05) is 23.8 Å². The van der Waals surface area contributed by atoms with Crippen LogP contribution in [0.3, 0.4) is 0 Å². The van der Waals surface area contributed by atoms with Crippen LogP contribution in [-0.2, 0) is 0 Å². The third-order valence-electron chi connectivity index (χ3n) is 2.99. The molecule has 1 heterocycles. The number of halogens is 2. The summed E-state index contributed by atoms with van der Waals surface area (Å²) in [7, 11) is 0. The van der Waals surface area contributed by atoms with E-state index < -0.39 is 0 Å². The number of nitrogens with two attached hydrogens (primary N) is 1. The second-order valence-corrected chi connectivity index (χ2v) is 7.57. The molecule has 0 fully saturated rings. The molecule has 3 N–H and O–H groups in total. The standard InChI is InChI=1S/C15H10BrIN2OS/c16-10-5-2-6-11-12(10)13(18)14(21-11)15(20)19-9-4-1-3-8(17)7-9/h1-7H,18H2,(H,19,20). The number of benzene rings is 2. The van der Waals surface area contributed by atoms with Crippen LogP contribution in [0.4, 0.5) is 11.4 Å². The van der Waals surface area contributed by atoms with Crippen molar-refractivity contribution < 1.29 is 4.79 Å². The van der Waals surface area contributed by atoms with Crippen LogP contribution in [0.15, 0.2) is 46.9 Å². The van der Waals surface area contributed by atoms with Crippen LogP contribution in [0, 0.1) is 3.57 Å². The smallest absolute Gasteiger partial charge is 0.267 e. The number of carbonyl (C=O) groups excluding carboxylic acids is 1. The summed E-state index contributed by atoms with van der Waals surface area (Å²) in [5.41, 5.74) is 7.43. The first kappa shape index (κ1) is 14.8. The van der Waals surface area contributed by atoms with Gasteiger partial charge in [-0.15, -0.1) is 11.3 Å². The third kappa shape index (κ3) is 2.93. The van der Waals surface area contributed by atoms with Crippen molar-refractivity contribution in [2.75, 3.05) is 11.1 Å². The Morgan fingerprint density at radius 3 is 2.71 bits per heavy atom. The molecule has 0 spiro atoms. The van der Waals surface area contributed by atoms with Gasteiger partial charge in [0.05, 0.1) is 5.69 Å². The number of nitrogens with one attached hydrogen (secondary N) is 1. The molecular weight excluding hydrogens is 463 g/mol. The molecule has 0 unspecified atom stereocenters. The van der Waals surface area contributed by atoms with E-state index in [-0.39, 0.29) is 5.91 Å². The van der Waals surface area contributed by atoms with Gasteiger partial charge in [0.2, 0.25) is 0 Å². The maximum atomic E-state index is 12.4. The molecule has 1 amide bonds. The molecule has 0 aliphatic rings. The summed E-state index contributed by atoms with van der Waals surface area (Å²) in [4.78, 5) is 13.0. The molecule has 106 valence electrons. The summed E-state index contributed by atoms with van der Waals surface area (Å²) in [6, 6.07) is 13.5. The molecule has 0 saturated carbocycles. The molecule has 1 aromatic heterocycles. The lowest BCUT2D eigenvalue weighted by Gasteiger charge is -2.04. The van der Waals surface area contributed by atoms with Crippen molar-refractivity contribution >= 4 is 77.2 Å². The number of rotatable bonds is 2. The zero-order chi connectivity index (χ0) is 15.0. The number of hydrogen-bond acceptors (Lipinski definition) is 3. The van der Waals surface area contributed by atoms with Gasteiger partial charge in [-0.3, -0.25) is 4.79 Å². The minimum Gasteiger partial charge on any atom is -0.397 e. The van der Waals surface area contributed by atoms with Crippen molar-refractivity contribution in [2.45, 2.75) is 0 Å². The van der Waals surface area contributed by atoms with Crippen LogP contribution in [0.1, 0.15) is 9.67 Å².